The molecular weight excluding hydrogens is 181 g/mol. The highest BCUT2D eigenvalue weighted by atomic mass is 19.1. The molecule has 14 heavy (non-hydrogen) atoms. The summed E-state index contributed by atoms with van der Waals surface area (Å²) in [6.45, 7) is 0. The molecule has 1 aromatic heterocycles. The number of benzene rings is 1. The van der Waals surface area contributed by atoms with E-state index in [2.05, 4.69) is 5.10 Å². The van der Waals surface area contributed by atoms with E-state index in [1.165, 1.54) is 12.1 Å². The molecule has 1 aromatic carbocycles. The van der Waals surface area contributed by atoms with Crippen LogP contribution in [0.3, 0.4) is 0 Å². The standard InChI is InChI=1S/C10H10FN3/c1-14-10(4-5-13-14)8-6-7(12)2-3-9(8)11/h2-6H,12H2,1H3. The molecule has 1 heterocycles. The summed E-state index contributed by atoms with van der Waals surface area (Å²) in [6.07, 6.45) is 1.62. The van der Waals surface area contributed by atoms with Gasteiger partial charge in [-0.15, -0.1) is 0 Å². The minimum atomic E-state index is -0.289. The maximum Gasteiger partial charge on any atom is 0.132 e. The van der Waals surface area contributed by atoms with Crippen molar-refractivity contribution in [3.63, 3.8) is 0 Å². The molecule has 0 aliphatic heterocycles. The van der Waals surface area contributed by atoms with Crippen LogP contribution in [0.2, 0.25) is 0 Å². The second-order valence-corrected chi connectivity index (χ2v) is 3.08. The van der Waals surface area contributed by atoms with Crippen LogP contribution >= 0.6 is 0 Å². The van der Waals surface area contributed by atoms with E-state index in [1.807, 2.05) is 0 Å². The summed E-state index contributed by atoms with van der Waals surface area (Å²) in [5, 5.41) is 3.97. The molecule has 0 saturated heterocycles. The lowest BCUT2D eigenvalue weighted by molar-refractivity contribution is 0.628. The van der Waals surface area contributed by atoms with Gasteiger partial charge in [-0.3, -0.25) is 4.68 Å². The Bertz CT molecular complexity index is 462. The van der Waals surface area contributed by atoms with Crippen molar-refractivity contribution in [1.29, 1.82) is 0 Å². The molecule has 0 amide bonds. The Morgan fingerprint density at radius 3 is 2.79 bits per heavy atom. The van der Waals surface area contributed by atoms with Gasteiger partial charge in [0.05, 0.1) is 5.69 Å². The summed E-state index contributed by atoms with van der Waals surface area (Å²) in [7, 11) is 1.76. The van der Waals surface area contributed by atoms with Gasteiger partial charge in [0.15, 0.2) is 0 Å². The van der Waals surface area contributed by atoms with Crippen LogP contribution in [0.1, 0.15) is 0 Å². The van der Waals surface area contributed by atoms with E-state index in [-0.39, 0.29) is 5.82 Å². The second kappa shape index (κ2) is 3.14. The molecule has 2 N–H and O–H groups in total. The van der Waals surface area contributed by atoms with Crippen LogP contribution in [-0.2, 0) is 7.05 Å². The molecule has 0 aliphatic carbocycles. The van der Waals surface area contributed by atoms with Crippen molar-refractivity contribution in [2.75, 3.05) is 5.73 Å². The molecule has 3 nitrogen and oxygen atoms in total. The van der Waals surface area contributed by atoms with Gasteiger partial charge >= 0.3 is 0 Å². The Kier molecular flexibility index (Phi) is 1.96. The van der Waals surface area contributed by atoms with Crippen molar-refractivity contribution in [2.24, 2.45) is 7.05 Å². The quantitative estimate of drug-likeness (QED) is 0.698. The molecule has 4 heteroatoms. The predicted molar refractivity (Wildman–Crippen MR) is 53.0 cm³/mol. The smallest absolute Gasteiger partial charge is 0.132 e. The van der Waals surface area contributed by atoms with Crippen LogP contribution < -0.4 is 5.73 Å². The number of nitrogens with two attached hydrogens (primary N) is 1. The number of aromatic nitrogens is 2. The number of hydrogen-bond donors (Lipinski definition) is 1. The molecule has 0 fully saturated rings. The van der Waals surface area contributed by atoms with Crippen LogP contribution in [0, 0.1) is 5.82 Å². The molecule has 0 unspecified atom stereocenters. The molecule has 0 saturated carbocycles. The van der Waals surface area contributed by atoms with Gasteiger partial charge in [0.1, 0.15) is 5.82 Å². The SMILES string of the molecule is Cn1nccc1-c1cc(N)ccc1F. The molecule has 0 atom stereocenters. The van der Waals surface area contributed by atoms with Gasteiger partial charge in [-0.2, -0.15) is 5.10 Å². The zero-order valence-corrected chi connectivity index (χ0v) is 7.74. The van der Waals surface area contributed by atoms with Gasteiger partial charge in [0, 0.05) is 24.5 Å². The highest BCUT2D eigenvalue weighted by molar-refractivity contribution is 5.64. The number of rotatable bonds is 1. The summed E-state index contributed by atoms with van der Waals surface area (Å²) >= 11 is 0. The minimum Gasteiger partial charge on any atom is -0.399 e. The zero-order chi connectivity index (χ0) is 10.1. The second-order valence-electron chi connectivity index (χ2n) is 3.08. The van der Waals surface area contributed by atoms with Crippen molar-refractivity contribution in [2.45, 2.75) is 0 Å². The Balaban J connectivity index is 2.62. The van der Waals surface area contributed by atoms with Gasteiger partial charge in [0.2, 0.25) is 0 Å². The summed E-state index contributed by atoms with van der Waals surface area (Å²) in [6, 6.07) is 6.25. The lowest BCUT2D eigenvalue weighted by Crippen LogP contribution is -1.96. The molecule has 2 aromatic rings. The first-order chi connectivity index (χ1) is 6.68. The summed E-state index contributed by atoms with van der Waals surface area (Å²) in [4.78, 5) is 0. The zero-order valence-electron chi connectivity index (χ0n) is 7.74. The normalized spacial score (nSPS) is 10.4. The third kappa shape index (κ3) is 1.35. The highest BCUT2D eigenvalue weighted by Crippen LogP contribution is 2.23. The molecule has 0 radical (unpaired) electrons. The third-order valence-corrected chi connectivity index (χ3v) is 2.09. The topological polar surface area (TPSA) is 43.8 Å². The Hall–Kier alpha value is -1.84. The number of aryl methyl sites for hydroxylation is 1. The minimum absolute atomic E-state index is 0.289. The van der Waals surface area contributed by atoms with Crippen LogP contribution in [0.25, 0.3) is 11.3 Å². The fraction of sp³-hybridized carbons (Fsp3) is 0.100. The van der Waals surface area contributed by atoms with Gasteiger partial charge in [0.25, 0.3) is 0 Å². The van der Waals surface area contributed by atoms with E-state index >= 15 is 0 Å². The molecular formula is C10H10FN3. The van der Waals surface area contributed by atoms with Crippen molar-refractivity contribution in [3.05, 3.63) is 36.3 Å². The molecule has 72 valence electrons. The first kappa shape index (κ1) is 8.74. The van der Waals surface area contributed by atoms with Gasteiger partial charge in [-0.1, -0.05) is 0 Å². The maximum absolute atomic E-state index is 13.4. The summed E-state index contributed by atoms with van der Waals surface area (Å²) < 4.78 is 15.0. The Labute approximate surface area is 81.0 Å². The van der Waals surface area contributed by atoms with E-state index in [4.69, 9.17) is 5.73 Å². The van der Waals surface area contributed by atoms with E-state index in [0.717, 1.165) is 5.69 Å². The third-order valence-electron chi connectivity index (χ3n) is 2.09. The predicted octanol–water partition coefficient (Wildman–Crippen LogP) is 1.81. The number of nitrogen functional groups attached to an aromatic ring is 1. The maximum atomic E-state index is 13.4. The van der Waals surface area contributed by atoms with E-state index in [1.54, 1.807) is 30.1 Å². The molecule has 0 bridgehead atoms. The largest absolute Gasteiger partial charge is 0.399 e. The van der Waals surface area contributed by atoms with Crippen molar-refractivity contribution >= 4 is 5.69 Å². The van der Waals surface area contributed by atoms with Crippen LogP contribution in [0.15, 0.2) is 30.5 Å². The first-order valence-corrected chi connectivity index (χ1v) is 4.22. The average Bonchev–Trinajstić information content (AvgIpc) is 2.56. The van der Waals surface area contributed by atoms with Gasteiger partial charge in [-0.05, 0) is 24.3 Å². The summed E-state index contributed by atoms with van der Waals surface area (Å²) in [5.74, 6) is -0.289. The highest BCUT2D eigenvalue weighted by Gasteiger charge is 2.08. The van der Waals surface area contributed by atoms with E-state index in [9.17, 15) is 4.39 Å². The molecule has 0 spiro atoms. The van der Waals surface area contributed by atoms with E-state index in [0.29, 0.717) is 11.3 Å². The van der Waals surface area contributed by atoms with Gasteiger partial charge in [-0.25, -0.2) is 4.39 Å². The fourth-order valence-corrected chi connectivity index (χ4v) is 1.38. The lowest BCUT2D eigenvalue weighted by atomic mass is 10.1. The van der Waals surface area contributed by atoms with Crippen LogP contribution in [0.5, 0.6) is 0 Å². The van der Waals surface area contributed by atoms with Crippen molar-refractivity contribution in [3.8, 4) is 11.3 Å². The van der Waals surface area contributed by atoms with Crippen LogP contribution in [-0.4, -0.2) is 9.78 Å². The number of halogens is 1. The van der Waals surface area contributed by atoms with Crippen molar-refractivity contribution in [1.82, 2.24) is 9.78 Å². The molecule has 0 aliphatic rings. The summed E-state index contributed by atoms with van der Waals surface area (Å²) in [5.41, 5.74) is 7.33. The monoisotopic (exact) mass is 191 g/mol. The van der Waals surface area contributed by atoms with E-state index < -0.39 is 0 Å². The lowest BCUT2D eigenvalue weighted by Gasteiger charge is -2.04. The molecule has 2 rings (SSSR count). The van der Waals surface area contributed by atoms with Crippen LogP contribution in [0.4, 0.5) is 10.1 Å². The average molecular weight is 191 g/mol. The number of anilines is 1. The number of hydrogen-bond acceptors (Lipinski definition) is 2. The van der Waals surface area contributed by atoms with Gasteiger partial charge < -0.3 is 5.73 Å². The Morgan fingerprint density at radius 2 is 2.14 bits per heavy atom. The van der Waals surface area contributed by atoms with Crippen molar-refractivity contribution < 1.29 is 4.39 Å². The fourth-order valence-electron chi connectivity index (χ4n) is 1.38. The number of nitrogens with zero attached hydrogens (tertiary/aromatic N) is 2. The first-order valence-electron chi connectivity index (χ1n) is 4.22. The Morgan fingerprint density at radius 1 is 1.36 bits per heavy atom.